The molecule has 0 saturated carbocycles. The zero-order chi connectivity index (χ0) is 9.99. The summed E-state index contributed by atoms with van der Waals surface area (Å²) in [6.45, 7) is 13.0. The summed E-state index contributed by atoms with van der Waals surface area (Å²) in [7, 11) is -1.63. The topological polar surface area (TPSA) is 9.23 Å². The molecule has 1 nitrogen and oxygen atoms in total. The lowest BCUT2D eigenvalue weighted by Crippen LogP contribution is -2.42. The molecule has 0 aromatic rings. The van der Waals surface area contributed by atoms with Gasteiger partial charge in [-0.05, 0) is 25.1 Å². The fourth-order valence-electron chi connectivity index (χ4n) is 0.653. The maximum atomic E-state index is 5.85. The van der Waals surface area contributed by atoms with Crippen LogP contribution >= 0.6 is 0 Å². The Morgan fingerprint density at radius 2 is 1.75 bits per heavy atom. The van der Waals surface area contributed by atoms with Crippen LogP contribution in [0.25, 0.3) is 0 Å². The average molecular weight is 184 g/mol. The summed E-state index contributed by atoms with van der Waals surface area (Å²) in [6.07, 6.45) is 5.22. The summed E-state index contributed by atoms with van der Waals surface area (Å²) < 4.78 is 5.85. The molecular formula is C10H20OSi. The van der Waals surface area contributed by atoms with E-state index in [9.17, 15) is 0 Å². The first-order valence-electron chi connectivity index (χ1n) is 4.34. The molecule has 0 aliphatic carbocycles. The van der Waals surface area contributed by atoms with Gasteiger partial charge in [-0.2, -0.15) is 0 Å². The molecule has 0 N–H and O–H groups in total. The molecule has 70 valence electrons. The summed E-state index contributed by atoms with van der Waals surface area (Å²) in [5, 5.41) is 0.248. The van der Waals surface area contributed by atoms with Crippen molar-refractivity contribution in [2.45, 2.75) is 51.9 Å². The van der Waals surface area contributed by atoms with Gasteiger partial charge in [0.15, 0.2) is 8.32 Å². The van der Waals surface area contributed by atoms with E-state index in [-0.39, 0.29) is 11.1 Å². The Kier molecular flexibility index (Phi) is 3.55. The SMILES string of the molecule is C#C[C@@H](C)O[Si](C)(C)C(C)(C)C. The monoisotopic (exact) mass is 184 g/mol. The molecule has 1 atom stereocenters. The van der Waals surface area contributed by atoms with E-state index in [0.29, 0.717) is 0 Å². The van der Waals surface area contributed by atoms with E-state index in [1.54, 1.807) is 0 Å². The second-order valence-corrected chi connectivity index (χ2v) is 9.44. The number of hydrogen-bond donors (Lipinski definition) is 0. The van der Waals surface area contributed by atoms with Crippen LogP contribution in [0.5, 0.6) is 0 Å². The molecule has 0 radical (unpaired) electrons. The third kappa shape index (κ3) is 3.00. The molecule has 0 fully saturated rings. The van der Waals surface area contributed by atoms with Crippen LogP contribution < -0.4 is 0 Å². The van der Waals surface area contributed by atoms with Crippen molar-refractivity contribution in [2.75, 3.05) is 0 Å². The Bertz CT molecular complexity index is 183. The number of hydrogen-bond acceptors (Lipinski definition) is 1. The highest BCUT2D eigenvalue weighted by molar-refractivity contribution is 6.74. The normalized spacial score (nSPS) is 15.4. The van der Waals surface area contributed by atoms with Crippen molar-refractivity contribution in [1.82, 2.24) is 0 Å². The van der Waals surface area contributed by atoms with E-state index < -0.39 is 8.32 Å². The Labute approximate surface area is 77.6 Å². The highest BCUT2D eigenvalue weighted by atomic mass is 28.4. The van der Waals surface area contributed by atoms with Crippen LogP contribution in [0.4, 0.5) is 0 Å². The van der Waals surface area contributed by atoms with E-state index in [1.165, 1.54) is 0 Å². The summed E-state index contributed by atoms with van der Waals surface area (Å²) in [4.78, 5) is 0. The minimum absolute atomic E-state index is 0.0501. The van der Waals surface area contributed by atoms with Crippen LogP contribution in [-0.2, 0) is 4.43 Å². The molecule has 12 heavy (non-hydrogen) atoms. The summed E-state index contributed by atoms with van der Waals surface area (Å²) in [5.74, 6) is 2.61. The van der Waals surface area contributed by atoms with Crippen molar-refractivity contribution in [1.29, 1.82) is 0 Å². The zero-order valence-electron chi connectivity index (χ0n) is 9.06. The molecule has 0 aromatic carbocycles. The molecule has 0 rings (SSSR count). The molecule has 0 amide bonds. The maximum absolute atomic E-state index is 5.85. The van der Waals surface area contributed by atoms with Gasteiger partial charge in [0.1, 0.15) is 6.10 Å². The standard InChI is InChI=1S/C10H20OSi/c1-8-9(2)11-12(6,7)10(3,4)5/h1,9H,2-7H3/t9-/m1/s1. The van der Waals surface area contributed by atoms with Crippen LogP contribution in [0, 0.1) is 12.3 Å². The van der Waals surface area contributed by atoms with Crippen molar-refractivity contribution < 1.29 is 4.43 Å². The predicted molar refractivity (Wildman–Crippen MR) is 56.6 cm³/mol. The van der Waals surface area contributed by atoms with Crippen LogP contribution in [0.15, 0.2) is 0 Å². The van der Waals surface area contributed by atoms with Crippen LogP contribution in [0.2, 0.25) is 18.1 Å². The minimum Gasteiger partial charge on any atom is -0.404 e. The van der Waals surface area contributed by atoms with E-state index in [4.69, 9.17) is 10.8 Å². The van der Waals surface area contributed by atoms with Gasteiger partial charge in [-0.3, -0.25) is 0 Å². The molecular weight excluding hydrogens is 164 g/mol. The average Bonchev–Trinajstić information content (AvgIpc) is 1.84. The second kappa shape index (κ2) is 3.63. The summed E-state index contributed by atoms with van der Waals surface area (Å²) in [6, 6.07) is 0. The third-order valence-corrected chi connectivity index (χ3v) is 7.07. The van der Waals surface area contributed by atoms with Crippen LogP contribution in [-0.4, -0.2) is 14.4 Å². The molecule has 0 unspecified atom stereocenters. The van der Waals surface area contributed by atoms with Gasteiger partial charge in [-0.1, -0.05) is 26.7 Å². The summed E-state index contributed by atoms with van der Waals surface area (Å²) in [5.41, 5.74) is 0. The van der Waals surface area contributed by atoms with Gasteiger partial charge in [0.05, 0.1) is 0 Å². The van der Waals surface area contributed by atoms with Crippen molar-refractivity contribution in [3.63, 3.8) is 0 Å². The maximum Gasteiger partial charge on any atom is 0.193 e. The molecule has 0 spiro atoms. The van der Waals surface area contributed by atoms with Gasteiger partial charge in [-0.15, -0.1) is 6.42 Å². The lowest BCUT2D eigenvalue weighted by Gasteiger charge is -2.37. The summed E-state index contributed by atoms with van der Waals surface area (Å²) >= 11 is 0. The molecule has 0 saturated heterocycles. The smallest absolute Gasteiger partial charge is 0.193 e. The first-order chi connectivity index (χ1) is 5.20. The molecule has 2 heteroatoms. The lowest BCUT2D eigenvalue weighted by atomic mass is 10.2. The lowest BCUT2D eigenvalue weighted by molar-refractivity contribution is 0.252. The van der Waals surface area contributed by atoms with E-state index in [2.05, 4.69) is 39.8 Å². The number of terminal acetylenes is 1. The first-order valence-corrected chi connectivity index (χ1v) is 7.25. The quantitative estimate of drug-likeness (QED) is 0.473. The van der Waals surface area contributed by atoms with Gasteiger partial charge in [0.2, 0.25) is 0 Å². The fourth-order valence-corrected chi connectivity index (χ4v) is 1.96. The highest BCUT2D eigenvalue weighted by Crippen LogP contribution is 2.37. The second-order valence-electron chi connectivity index (χ2n) is 4.69. The fraction of sp³-hybridized carbons (Fsp3) is 0.800. The van der Waals surface area contributed by atoms with Crippen molar-refractivity contribution in [3.05, 3.63) is 0 Å². The van der Waals surface area contributed by atoms with E-state index in [1.807, 2.05) is 6.92 Å². The Balaban J connectivity index is 4.35. The third-order valence-electron chi connectivity index (χ3n) is 2.51. The van der Waals surface area contributed by atoms with E-state index in [0.717, 1.165) is 0 Å². The molecule has 0 aromatic heterocycles. The Hall–Kier alpha value is -0.263. The highest BCUT2D eigenvalue weighted by Gasteiger charge is 2.38. The van der Waals surface area contributed by atoms with Crippen LogP contribution in [0.1, 0.15) is 27.7 Å². The van der Waals surface area contributed by atoms with Crippen molar-refractivity contribution >= 4 is 8.32 Å². The molecule has 0 aliphatic rings. The van der Waals surface area contributed by atoms with Crippen molar-refractivity contribution in [2.24, 2.45) is 0 Å². The minimum atomic E-state index is -1.63. The zero-order valence-corrected chi connectivity index (χ0v) is 10.1. The van der Waals surface area contributed by atoms with E-state index >= 15 is 0 Å². The van der Waals surface area contributed by atoms with Gasteiger partial charge < -0.3 is 4.43 Å². The Morgan fingerprint density at radius 1 is 1.33 bits per heavy atom. The molecule has 0 bridgehead atoms. The Morgan fingerprint density at radius 3 is 2.00 bits per heavy atom. The first kappa shape index (κ1) is 11.7. The van der Waals surface area contributed by atoms with Gasteiger partial charge >= 0.3 is 0 Å². The number of rotatable bonds is 2. The van der Waals surface area contributed by atoms with Crippen LogP contribution in [0.3, 0.4) is 0 Å². The molecule has 0 heterocycles. The van der Waals surface area contributed by atoms with Gasteiger partial charge in [0.25, 0.3) is 0 Å². The van der Waals surface area contributed by atoms with Crippen molar-refractivity contribution in [3.8, 4) is 12.3 Å². The largest absolute Gasteiger partial charge is 0.404 e. The molecule has 0 aliphatic heterocycles. The van der Waals surface area contributed by atoms with Gasteiger partial charge in [0, 0.05) is 0 Å². The van der Waals surface area contributed by atoms with Gasteiger partial charge in [-0.25, -0.2) is 0 Å². The predicted octanol–water partition coefficient (Wildman–Crippen LogP) is 3.03.